The molecule has 61 heavy (non-hydrogen) atoms. The third-order valence-electron chi connectivity index (χ3n) is 13.4. The first kappa shape index (κ1) is 37.3. The van der Waals surface area contributed by atoms with Gasteiger partial charge in [0.1, 0.15) is 8.07 Å². The molecule has 0 radical (unpaired) electrons. The van der Waals surface area contributed by atoms with Crippen LogP contribution in [0.5, 0.6) is 0 Å². The minimum atomic E-state index is -1.95. The van der Waals surface area contributed by atoms with Crippen molar-refractivity contribution in [2.24, 2.45) is 0 Å². The van der Waals surface area contributed by atoms with Crippen molar-refractivity contribution in [1.82, 2.24) is 0 Å². The van der Waals surface area contributed by atoms with Crippen LogP contribution >= 0.6 is 22.7 Å². The molecule has 0 N–H and O–H groups in total. The van der Waals surface area contributed by atoms with Crippen LogP contribution in [0.15, 0.2) is 158 Å². The predicted molar refractivity (Wildman–Crippen MR) is 270 cm³/mol. The Balaban J connectivity index is 1.18. The molecule has 0 bridgehead atoms. The number of nitrogens with zero attached hydrogens (tertiary/aromatic N) is 2. The van der Waals surface area contributed by atoms with Crippen LogP contribution in [0.3, 0.4) is 0 Å². The van der Waals surface area contributed by atoms with Crippen LogP contribution in [0.2, 0.25) is 13.1 Å². The van der Waals surface area contributed by atoms with Crippen LogP contribution < -0.4 is 20.2 Å². The van der Waals surface area contributed by atoms with Crippen LogP contribution in [0.4, 0.5) is 34.1 Å². The molecule has 7 aromatic carbocycles. The normalized spacial score (nSPS) is 14.9. The third-order valence-corrected chi connectivity index (χ3v) is 21.4. The first-order valence-electron chi connectivity index (χ1n) is 21.2. The van der Waals surface area contributed by atoms with E-state index >= 15 is 0 Å². The Bertz CT molecular complexity index is 3390. The summed E-state index contributed by atoms with van der Waals surface area (Å²) in [7, 11) is -1.95. The zero-order chi connectivity index (χ0) is 41.4. The van der Waals surface area contributed by atoms with Crippen LogP contribution in [0.25, 0.3) is 50.9 Å². The van der Waals surface area contributed by atoms with E-state index in [1.807, 2.05) is 22.7 Å². The second-order valence-corrected chi connectivity index (χ2v) is 27.0. The molecule has 2 aliphatic rings. The van der Waals surface area contributed by atoms with Crippen LogP contribution in [-0.4, -0.2) is 22.6 Å². The molecular weight excluding hydrogens is 860 g/mol. The molecule has 0 amide bonds. The van der Waals surface area contributed by atoms with Crippen LogP contribution in [0, 0.1) is 13.8 Å². The zero-order valence-electron chi connectivity index (χ0n) is 35.1. The number of anilines is 6. The molecule has 12 rings (SSSR count). The van der Waals surface area contributed by atoms with Crippen molar-refractivity contribution in [3.05, 3.63) is 179 Å². The number of thiophene rings is 2. The van der Waals surface area contributed by atoms with Crippen molar-refractivity contribution in [2.75, 3.05) is 9.80 Å². The molecule has 0 saturated heterocycles. The maximum atomic E-state index is 2.63. The van der Waals surface area contributed by atoms with Crippen molar-refractivity contribution >= 4 is 120 Å². The van der Waals surface area contributed by atoms with Gasteiger partial charge in [0.25, 0.3) is 0 Å². The quantitative estimate of drug-likeness (QED) is 0.162. The summed E-state index contributed by atoms with van der Waals surface area (Å²) in [6, 6.07) is 60.8. The summed E-state index contributed by atoms with van der Waals surface area (Å²) in [5.74, 6) is 0. The Labute approximate surface area is 372 Å². The SMILES string of the molecule is Cc1ccc(-c2cc3cc(N4c5ccccc5[Si](C)(C)c5ccccc54)cc(-c4ccc(C)s4)c3cc2N2c3ccccc3C(C)(C)c3cc4c(cc32)[se]c2ccccc24)s1. The summed E-state index contributed by atoms with van der Waals surface area (Å²) in [5.41, 5.74) is 12.7. The van der Waals surface area contributed by atoms with Crippen molar-refractivity contribution in [2.45, 2.75) is 46.2 Å². The Kier molecular flexibility index (Phi) is 8.27. The molecule has 2 nitrogen and oxygen atoms in total. The molecule has 0 aliphatic carbocycles. The minimum absolute atomic E-state index is 0.189. The molecule has 0 saturated carbocycles. The van der Waals surface area contributed by atoms with Crippen LogP contribution in [0.1, 0.15) is 34.7 Å². The second-order valence-electron chi connectivity index (χ2n) is 17.8. The van der Waals surface area contributed by atoms with Gasteiger partial charge in [0, 0.05) is 0 Å². The molecule has 3 aromatic heterocycles. The van der Waals surface area contributed by atoms with Gasteiger partial charge in [-0.3, -0.25) is 0 Å². The van der Waals surface area contributed by atoms with E-state index in [4.69, 9.17) is 0 Å². The molecule has 296 valence electrons. The number of aryl methyl sites for hydroxylation is 2. The molecular formula is C55H44N2S2SeSi. The monoisotopic (exact) mass is 904 g/mol. The fraction of sp³-hybridized carbons (Fsp3) is 0.127. The van der Waals surface area contributed by atoms with Crippen molar-refractivity contribution in [3.63, 3.8) is 0 Å². The van der Waals surface area contributed by atoms with Gasteiger partial charge in [-0.15, -0.1) is 0 Å². The average molecular weight is 904 g/mol. The molecule has 0 atom stereocenters. The summed E-state index contributed by atoms with van der Waals surface area (Å²) in [6.45, 7) is 14.3. The van der Waals surface area contributed by atoms with E-state index in [9.17, 15) is 0 Å². The molecule has 0 fully saturated rings. The number of rotatable bonds is 4. The number of fused-ring (bicyclic) bond motifs is 8. The molecule has 6 heteroatoms. The fourth-order valence-electron chi connectivity index (χ4n) is 10.4. The predicted octanol–water partition coefficient (Wildman–Crippen LogP) is 15.0. The fourth-order valence-corrected chi connectivity index (χ4v) is 17.5. The number of para-hydroxylation sites is 3. The number of benzene rings is 7. The summed E-state index contributed by atoms with van der Waals surface area (Å²) in [5, 5.41) is 8.29. The number of hydrogen-bond acceptors (Lipinski definition) is 4. The Morgan fingerprint density at radius 1 is 0.475 bits per heavy atom. The number of hydrogen-bond donors (Lipinski definition) is 0. The summed E-state index contributed by atoms with van der Waals surface area (Å²) in [6.07, 6.45) is 0. The van der Waals surface area contributed by atoms with Gasteiger partial charge < -0.3 is 0 Å². The topological polar surface area (TPSA) is 6.48 Å². The van der Waals surface area contributed by atoms with E-state index in [0.717, 1.165) is 0 Å². The summed E-state index contributed by atoms with van der Waals surface area (Å²) >= 11 is 4.03. The Morgan fingerprint density at radius 2 is 1.10 bits per heavy atom. The van der Waals surface area contributed by atoms with E-state index in [0.29, 0.717) is 0 Å². The van der Waals surface area contributed by atoms with Crippen molar-refractivity contribution in [3.8, 4) is 20.9 Å². The first-order chi connectivity index (χ1) is 29.6. The second kappa shape index (κ2) is 13.5. The molecule has 0 spiro atoms. The average Bonchev–Trinajstić information content (AvgIpc) is 4.01. The van der Waals surface area contributed by atoms with Gasteiger partial charge >= 0.3 is 295 Å². The Hall–Kier alpha value is -5.46. The third kappa shape index (κ3) is 5.56. The molecule has 0 unspecified atom stereocenters. The summed E-state index contributed by atoms with van der Waals surface area (Å²) in [4.78, 5) is 10.4. The van der Waals surface area contributed by atoms with E-state index in [1.165, 1.54) is 116 Å². The van der Waals surface area contributed by atoms with Crippen LogP contribution in [-0.2, 0) is 5.41 Å². The van der Waals surface area contributed by atoms with E-state index in [-0.39, 0.29) is 19.9 Å². The van der Waals surface area contributed by atoms with Gasteiger partial charge in [-0.1, -0.05) is 49.5 Å². The van der Waals surface area contributed by atoms with Crippen molar-refractivity contribution < 1.29 is 0 Å². The Morgan fingerprint density at radius 3 is 1.79 bits per heavy atom. The van der Waals surface area contributed by atoms with E-state index < -0.39 is 8.07 Å². The standard InChI is InChI=1S/C55H44N2S2SeSi/c1-33-23-25-49(58-33)39-29-36(56-45-18-10-13-21-53(45)61(5,6)54-22-14-11-19-46(54)56)27-35-28-41(50-26-24-34(2)59-50)47(31-38(35)39)57-44-17-9-8-16-42(44)55(3,4)43-30-40-37-15-7-12-20-51(37)60-52(40)32-48(43)57/h7-32H,1-6H3. The first-order valence-corrected chi connectivity index (χ1v) is 27.5. The van der Waals surface area contributed by atoms with Crippen molar-refractivity contribution in [1.29, 1.82) is 0 Å². The van der Waals surface area contributed by atoms with Gasteiger partial charge in [-0.05, 0) is 22.5 Å². The van der Waals surface area contributed by atoms with Gasteiger partial charge in [-0.2, -0.15) is 0 Å². The molecule has 2 aliphatic heterocycles. The van der Waals surface area contributed by atoms with E-state index in [2.05, 4.69) is 208 Å². The maximum absolute atomic E-state index is 2.63. The zero-order valence-corrected chi connectivity index (χ0v) is 39.5. The van der Waals surface area contributed by atoms with Gasteiger partial charge in [0.05, 0.1) is 0 Å². The molecule has 5 heterocycles. The van der Waals surface area contributed by atoms with Gasteiger partial charge in [-0.25, -0.2) is 0 Å². The van der Waals surface area contributed by atoms with E-state index in [1.54, 1.807) is 0 Å². The van der Waals surface area contributed by atoms with Gasteiger partial charge in [0.2, 0.25) is 0 Å². The van der Waals surface area contributed by atoms with Gasteiger partial charge in [0.15, 0.2) is 0 Å². The summed E-state index contributed by atoms with van der Waals surface area (Å²) < 4.78 is 2.95. The molecule has 10 aromatic rings.